The molecule has 0 spiro atoms. The summed E-state index contributed by atoms with van der Waals surface area (Å²) in [5.74, 6) is 0.0190. The molecule has 0 bridgehead atoms. The van der Waals surface area contributed by atoms with Crippen LogP contribution in [-0.2, 0) is 21.4 Å². The van der Waals surface area contributed by atoms with Gasteiger partial charge in [0.1, 0.15) is 12.4 Å². The number of nitrogens with zero attached hydrogens (tertiary/aromatic N) is 2. The molecule has 7 nitrogen and oxygen atoms in total. The maximum Gasteiger partial charge on any atom is 0.263 e. The Hall–Kier alpha value is -2.71. The molecule has 146 valence electrons. The van der Waals surface area contributed by atoms with Crippen molar-refractivity contribution < 1.29 is 13.2 Å². The van der Waals surface area contributed by atoms with Crippen molar-refractivity contribution in [1.29, 1.82) is 0 Å². The zero-order valence-electron chi connectivity index (χ0n) is 15.3. The van der Waals surface area contributed by atoms with Gasteiger partial charge in [0.25, 0.3) is 10.0 Å². The van der Waals surface area contributed by atoms with Crippen LogP contribution >= 0.6 is 0 Å². The molecule has 1 fully saturated rings. The normalized spacial score (nSPS) is 22.0. The number of amidine groups is 1. The Balaban J connectivity index is 1.32. The Bertz CT molecular complexity index is 1010. The number of carbonyl (C=O) groups is 1. The van der Waals surface area contributed by atoms with Crippen LogP contribution in [-0.4, -0.2) is 50.7 Å². The average Bonchev–Trinajstić information content (AvgIpc) is 3.23. The molecule has 2 aliphatic rings. The molecule has 2 aromatic rings. The second-order valence-corrected chi connectivity index (χ2v) is 8.69. The molecule has 2 aromatic carbocycles. The lowest BCUT2D eigenvalue weighted by atomic mass is 10.2. The molecule has 0 saturated carbocycles. The minimum absolute atomic E-state index is 0.0870. The number of fused-ring (bicyclic) bond motifs is 1. The summed E-state index contributed by atoms with van der Waals surface area (Å²) in [6.45, 7) is 2.49. The SMILES string of the molecule is O=C(CN=C1NS(=O)(=O)c2ccccc21)N[C@H]1CCN(Cc2ccccc2)C1. The number of benzene rings is 2. The Morgan fingerprint density at radius 1 is 1.14 bits per heavy atom. The fourth-order valence-electron chi connectivity index (χ4n) is 3.61. The van der Waals surface area contributed by atoms with Crippen molar-refractivity contribution in [2.24, 2.45) is 4.99 Å². The van der Waals surface area contributed by atoms with Gasteiger partial charge >= 0.3 is 0 Å². The largest absolute Gasteiger partial charge is 0.350 e. The number of likely N-dealkylation sites (tertiary alicyclic amines) is 1. The zero-order valence-corrected chi connectivity index (χ0v) is 16.2. The number of sulfonamides is 1. The molecule has 0 unspecified atom stereocenters. The first-order valence-electron chi connectivity index (χ1n) is 9.23. The van der Waals surface area contributed by atoms with Gasteiger partial charge in [-0.2, -0.15) is 0 Å². The highest BCUT2D eigenvalue weighted by atomic mass is 32.2. The van der Waals surface area contributed by atoms with E-state index in [1.54, 1.807) is 18.2 Å². The van der Waals surface area contributed by atoms with Crippen LogP contribution in [0.1, 0.15) is 17.5 Å². The number of amides is 1. The molecule has 28 heavy (non-hydrogen) atoms. The summed E-state index contributed by atoms with van der Waals surface area (Å²) in [5, 5.41) is 3.00. The first-order valence-corrected chi connectivity index (χ1v) is 10.7. The van der Waals surface area contributed by atoms with Crippen molar-refractivity contribution in [3.8, 4) is 0 Å². The summed E-state index contributed by atoms with van der Waals surface area (Å²) in [5.41, 5.74) is 1.76. The van der Waals surface area contributed by atoms with Gasteiger partial charge in [0.2, 0.25) is 5.91 Å². The van der Waals surface area contributed by atoms with Crippen molar-refractivity contribution in [2.75, 3.05) is 19.6 Å². The van der Waals surface area contributed by atoms with Gasteiger partial charge in [0.15, 0.2) is 0 Å². The van der Waals surface area contributed by atoms with Crippen LogP contribution in [0.3, 0.4) is 0 Å². The van der Waals surface area contributed by atoms with Gasteiger partial charge in [0.05, 0.1) is 4.90 Å². The van der Waals surface area contributed by atoms with Crippen molar-refractivity contribution >= 4 is 21.8 Å². The van der Waals surface area contributed by atoms with Crippen LogP contribution in [0.25, 0.3) is 0 Å². The first kappa shape index (κ1) is 18.6. The van der Waals surface area contributed by atoms with E-state index in [0.717, 1.165) is 26.1 Å². The first-order chi connectivity index (χ1) is 13.5. The standard InChI is InChI=1S/C20H22N4O3S/c25-19(12-21-20-17-8-4-5-9-18(17)28(26,27)23-20)22-16-10-11-24(14-16)13-15-6-2-1-3-7-15/h1-9,16H,10-14H2,(H,21,23)(H,22,25)/t16-/m0/s1. The third kappa shape index (κ3) is 4.07. The zero-order chi connectivity index (χ0) is 19.6. The minimum atomic E-state index is -3.58. The molecular weight excluding hydrogens is 376 g/mol. The van der Waals surface area contributed by atoms with Crippen LogP contribution < -0.4 is 10.0 Å². The molecule has 2 N–H and O–H groups in total. The van der Waals surface area contributed by atoms with Gasteiger partial charge in [-0.3, -0.25) is 19.4 Å². The number of nitrogens with one attached hydrogen (secondary N) is 2. The second-order valence-electron chi connectivity index (χ2n) is 7.04. The predicted molar refractivity (Wildman–Crippen MR) is 106 cm³/mol. The van der Waals surface area contributed by atoms with Crippen LogP contribution in [0, 0.1) is 0 Å². The van der Waals surface area contributed by atoms with E-state index in [9.17, 15) is 13.2 Å². The topological polar surface area (TPSA) is 90.9 Å². The van der Waals surface area contributed by atoms with E-state index in [0.29, 0.717) is 5.56 Å². The van der Waals surface area contributed by atoms with Crippen molar-refractivity contribution in [2.45, 2.75) is 23.9 Å². The Morgan fingerprint density at radius 2 is 1.89 bits per heavy atom. The van der Waals surface area contributed by atoms with E-state index in [-0.39, 0.29) is 29.2 Å². The van der Waals surface area contributed by atoms with Crippen LogP contribution in [0.15, 0.2) is 64.5 Å². The van der Waals surface area contributed by atoms with Gasteiger partial charge in [-0.25, -0.2) is 8.42 Å². The summed E-state index contributed by atoms with van der Waals surface area (Å²) in [7, 11) is -3.58. The van der Waals surface area contributed by atoms with Crippen LogP contribution in [0.2, 0.25) is 0 Å². The quantitative estimate of drug-likeness (QED) is 0.790. The summed E-state index contributed by atoms with van der Waals surface area (Å²) >= 11 is 0. The smallest absolute Gasteiger partial charge is 0.263 e. The highest BCUT2D eigenvalue weighted by Crippen LogP contribution is 2.22. The Labute approximate surface area is 164 Å². The van der Waals surface area contributed by atoms with Crippen molar-refractivity contribution in [3.05, 3.63) is 65.7 Å². The van der Waals surface area contributed by atoms with Crippen LogP contribution in [0.5, 0.6) is 0 Å². The van der Waals surface area contributed by atoms with E-state index < -0.39 is 10.0 Å². The number of hydrogen-bond acceptors (Lipinski definition) is 5. The monoisotopic (exact) mass is 398 g/mol. The molecule has 2 heterocycles. The van der Waals surface area contributed by atoms with E-state index in [1.807, 2.05) is 18.2 Å². The van der Waals surface area contributed by atoms with Gasteiger partial charge in [-0.05, 0) is 24.1 Å². The molecule has 1 saturated heterocycles. The maximum absolute atomic E-state index is 12.3. The molecule has 0 aromatic heterocycles. The van der Waals surface area contributed by atoms with Gasteiger partial charge in [-0.15, -0.1) is 0 Å². The number of aliphatic imine (C=N–C) groups is 1. The fraction of sp³-hybridized carbons (Fsp3) is 0.300. The lowest BCUT2D eigenvalue weighted by molar-refractivity contribution is -0.120. The maximum atomic E-state index is 12.3. The molecule has 4 rings (SSSR count). The molecule has 8 heteroatoms. The van der Waals surface area contributed by atoms with Crippen LogP contribution in [0.4, 0.5) is 0 Å². The molecular formula is C20H22N4O3S. The summed E-state index contributed by atoms with van der Waals surface area (Å²) < 4.78 is 26.6. The van der Waals surface area contributed by atoms with E-state index in [1.165, 1.54) is 11.6 Å². The number of rotatable bonds is 5. The van der Waals surface area contributed by atoms with Gasteiger partial charge in [0, 0.05) is 31.2 Å². The van der Waals surface area contributed by atoms with Crippen molar-refractivity contribution in [1.82, 2.24) is 14.9 Å². The second kappa shape index (κ2) is 7.73. The molecule has 0 aliphatic carbocycles. The van der Waals surface area contributed by atoms with E-state index in [4.69, 9.17) is 0 Å². The minimum Gasteiger partial charge on any atom is -0.350 e. The molecule has 1 atom stereocenters. The van der Waals surface area contributed by atoms with Crippen molar-refractivity contribution in [3.63, 3.8) is 0 Å². The van der Waals surface area contributed by atoms with E-state index >= 15 is 0 Å². The summed E-state index contributed by atoms with van der Waals surface area (Å²) in [4.78, 5) is 19.0. The van der Waals surface area contributed by atoms with Gasteiger partial charge in [-0.1, -0.05) is 42.5 Å². The number of carbonyl (C=O) groups excluding carboxylic acids is 1. The highest BCUT2D eigenvalue weighted by Gasteiger charge is 2.30. The fourth-order valence-corrected chi connectivity index (χ4v) is 4.86. The lowest BCUT2D eigenvalue weighted by Crippen LogP contribution is -2.38. The van der Waals surface area contributed by atoms with Gasteiger partial charge < -0.3 is 5.32 Å². The highest BCUT2D eigenvalue weighted by molar-refractivity contribution is 7.90. The third-order valence-electron chi connectivity index (χ3n) is 4.93. The van der Waals surface area contributed by atoms with E-state index in [2.05, 4.69) is 32.1 Å². The molecule has 1 amide bonds. The summed E-state index contributed by atoms with van der Waals surface area (Å²) in [6.07, 6.45) is 0.893. The average molecular weight is 398 g/mol. The predicted octanol–water partition coefficient (Wildman–Crippen LogP) is 1.12. The molecule has 2 aliphatic heterocycles. The Morgan fingerprint density at radius 3 is 2.71 bits per heavy atom. The molecule has 0 radical (unpaired) electrons. The third-order valence-corrected chi connectivity index (χ3v) is 6.33. The summed E-state index contributed by atoms with van der Waals surface area (Å²) in [6, 6.07) is 17.0. The lowest BCUT2D eigenvalue weighted by Gasteiger charge is -2.16. The number of hydrogen-bond donors (Lipinski definition) is 2. The Kier molecular flexibility index (Phi) is 5.15.